The Morgan fingerprint density at radius 1 is 1.27 bits per heavy atom. The summed E-state index contributed by atoms with van der Waals surface area (Å²) in [5.41, 5.74) is -0.799. The second kappa shape index (κ2) is 4.44. The minimum Gasteiger partial charge on any atom is -0.494 e. The van der Waals surface area contributed by atoms with Crippen molar-refractivity contribution < 1.29 is 23.4 Å². The van der Waals surface area contributed by atoms with Gasteiger partial charge in [-0.05, 0) is 31.9 Å². The number of benzene rings is 1. The lowest BCUT2D eigenvalue weighted by atomic mass is 10.2. The summed E-state index contributed by atoms with van der Waals surface area (Å²) in [5.74, 6) is -4.43. The fourth-order valence-corrected chi connectivity index (χ4v) is 2.48. The van der Waals surface area contributed by atoms with Gasteiger partial charge in [0.15, 0.2) is 17.4 Å². The summed E-state index contributed by atoms with van der Waals surface area (Å²) in [5, 5.41) is 8.67. The van der Waals surface area contributed by atoms with Gasteiger partial charge in [0.25, 0.3) is 0 Å². The smallest absolute Gasteiger partial charge is 0.340 e. The van der Waals surface area contributed by atoms with E-state index in [0.717, 1.165) is 0 Å². The number of rotatable bonds is 2. The van der Waals surface area contributed by atoms with Crippen LogP contribution in [0.25, 0.3) is 0 Å². The number of hydrogen-bond donors (Lipinski definition) is 1. The van der Waals surface area contributed by atoms with Crippen LogP contribution >= 0.6 is 31.9 Å². The monoisotopic (exact) mass is 344 g/mol. The predicted molar refractivity (Wildman–Crippen MR) is 55.3 cm³/mol. The molecule has 0 bridgehead atoms. The summed E-state index contributed by atoms with van der Waals surface area (Å²) in [6, 6.07) is 0. The number of carboxylic acid groups (broad SMARTS) is 1. The maximum Gasteiger partial charge on any atom is 0.340 e. The lowest BCUT2D eigenvalue weighted by Gasteiger charge is -2.10. The van der Waals surface area contributed by atoms with E-state index in [1.807, 2.05) is 0 Å². The average Bonchev–Trinajstić information content (AvgIpc) is 2.15. The molecule has 0 aromatic heterocycles. The van der Waals surface area contributed by atoms with Crippen LogP contribution in [0.1, 0.15) is 10.4 Å². The van der Waals surface area contributed by atoms with Gasteiger partial charge in [-0.1, -0.05) is 0 Å². The molecule has 7 heteroatoms. The lowest BCUT2D eigenvalue weighted by Crippen LogP contribution is -2.07. The Hall–Kier alpha value is -0.690. The van der Waals surface area contributed by atoms with Crippen molar-refractivity contribution in [1.82, 2.24) is 0 Å². The molecule has 0 fully saturated rings. The molecule has 1 rings (SSSR count). The molecular formula is C8H4Br2F2O3. The van der Waals surface area contributed by atoms with E-state index in [0.29, 0.717) is 0 Å². The molecule has 1 N–H and O–H groups in total. The lowest BCUT2D eigenvalue weighted by molar-refractivity contribution is 0.0689. The first-order valence-electron chi connectivity index (χ1n) is 3.55. The number of carboxylic acids is 1. The molecule has 1 aromatic rings. The molecule has 0 aliphatic heterocycles. The first kappa shape index (κ1) is 12.4. The molecule has 3 nitrogen and oxygen atoms in total. The second-order valence-electron chi connectivity index (χ2n) is 2.47. The van der Waals surface area contributed by atoms with E-state index in [9.17, 15) is 13.6 Å². The van der Waals surface area contributed by atoms with Crippen molar-refractivity contribution in [2.24, 2.45) is 0 Å². The summed E-state index contributed by atoms with van der Waals surface area (Å²) >= 11 is 5.60. The standard InChI is InChI=1S/C8H4Br2F2O3/c1-15-7-3(9)2(8(13)14)5(11)6(12)4(7)10/h1H3,(H,13,14). The number of ether oxygens (including phenoxy) is 1. The largest absolute Gasteiger partial charge is 0.494 e. The van der Waals surface area contributed by atoms with Gasteiger partial charge >= 0.3 is 5.97 Å². The predicted octanol–water partition coefficient (Wildman–Crippen LogP) is 3.20. The Labute approximate surface area is 100 Å². The molecule has 82 valence electrons. The molecule has 0 atom stereocenters. The zero-order valence-electron chi connectivity index (χ0n) is 7.28. The molecule has 1 aromatic carbocycles. The van der Waals surface area contributed by atoms with Crippen LogP contribution in [-0.4, -0.2) is 18.2 Å². The van der Waals surface area contributed by atoms with E-state index >= 15 is 0 Å². The number of aromatic carboxylic acids is 1. The minimum atomic E-state index is -1.58. The molecule has 0 amide bonds. The summed E-state index contributed by atoms with van der Waals surface area (Å²) in [4.78, 5) is 10.7. The van der Waals surface area contributed by atoms with Gasteiger partial charge in [-0.25, -0.2) is 13.6 Å². The summed E-state index contributed by atoms with van der Waals surface area (Å²) < 4.78 is 30.7. The third-order valence-electron chi connectivity index (χ3n) is 1.64. The van der Waals surface area contributed by atoms with Crippen LogP contribution in [0.15, 0.2) is 8.95 Å². The van der Waals surface area contributed by atoms with Crippen molar-refractivity contribution in [2.75, 3.05) is 7.11 Å². The van der Waals surface area contributed by atoms with Gasteiger partial charge in [0.2, 0.25) is 0 Å². The Balaban J connectivity index is 3.68. The molecule has 0 spiro atoms. The summed E-state index contributed by atoms with van der Waals surface area (Å²) in [6.45, 7) is 0. The first-order chi connectivity index (χ1) is 6.91. The Bertz CT molecular complexity index is 435. The SMILES string of the molecule is COc1c(Br)c(F)c(F)c(C(=O)O)c1Br. The van der Waals surface area contributed by atoms with E-state index < -0.39 is 23.2 Å². The first-order valence-corrected chi connectivity index (χ1v) is 5.13. The van der Waals surface area contributed by atoms with Crippen molar-refractivity contribution >= 4 is 37.8 Å². The highest BCUT2D eigenvalue weighted by atomic mass is 79.9. The highest BCUT2D eigenvalue weighted by Gasteiger charge is 2.26. The van der Waals surface area contributed by atoms with Gasteiger partial charge < -0.3 is 9.84 Å². The van der Waals surface area contributed by atoms with Crippen LogP contribution < -0.4 is 4.74 Å². The summed E-state index contributed by atoms with van der Waals surface area (Å²) in [7, 11) is 1.22. The maximum atomic E-state index is 13.2. The molecule has 0 aliphatic carbocycles. The highest BCUT2D eigenvalue weighted by molar-refractivity contribution is 9.11. The van der Waals surface area contributed by atoms with Crippen LogP contribution in [0.4, 0.5) is 8.78 Å². The molecular weight excluding hydrogens is 342 g/mol. The Morgan fingerprint density at radius 3 is 2.20 bits per heavy atom. The van der Waals surface area contributed by atoms with Crippen LogP contribution in [0.2, 0.25) is 0 Å². The van der Waals surface area contributed by atoms with Crippen molar-refractivity contribution in [3.05, 3.63) is 26.1 Å². The van der Waals surface area contributed by atoms with Crippen LogP contribution in [0.3, 0.4) is 0 Å². The van der Waals surface area contributed by atoms with Crippen molar-refractivity contribution in [3.8, 4) is 5.75 Å². The summed E-state index contributed by atoms with van der Waals surface area (Å²) in [6.07, 6.45) is 0. The number of carbonyl (C=O) groups is 1. The normalized spacial score (nSPS) is 10.2. The zero-order chi connectivity index (χ0) is 11.7. The molecule has 0 unspecified atom stereocenters. The Kier molecular flexibility index (Phi) is 3.67. The second-order valence-corrected chi connectivity index (χ2v) is 4.06. The van der Waals surface area contributed by atoms with E-state index in [1.54, 1.807) is 0 Å². The fraction of sp³-hybridized carbons (Fsp3) is 0.125. The molecule has 0 heterocycles. The molecule has 0 saturated heterocycles. The number of hydrogen-bond acceptors (Lipinski definition) is 2. The van der Waals surface area contributed by atoms with Gasteiger partial charge in [-0.3, -0.25) is 0 Å². The fourth-order valence-electron chi connectivity index (χ4n) is 0.979. The third-order valence-corrected chi connectivity index (χ3v) is 3.11. The molecule has 0 aliphatic rings. The van der Waals surface area contributed by atoms with E-state index in [2.05, 4.69) is 31.9 Å². The molecule has 0 radical (unpaired) electrons. The number of halogens is 4. The minimum absolute atomic E-state index is 0.105. The van der Waals surface area contributed by atoms with Crippen LogP contribution in [0, 0.1) is 11.6 Å². The van der Waals surface area contributed by atoms with E-state index in [1.165, 1.54) is 7.11 Å². The Morgan fingerprint density at radius 2 is 1.80 bits per heavy atom. The van der Waals surface area contributed by atoms with Crippen LogP contribution in [-0.2, 0) is 0 Å². The highest BCUT2D eigenvalue weighted by Crippen LogP contribution is 2.39. The molecule has 0 saturated carbocycles. The van der Waals surface area contributed by atoms with Gasteiger partial charge in [0, 0.05) is 0 Å². The van der Waals surface area contributed by atoms with Crippen LogP contribution in [0.5, 0.6) is 5.75 Å². The van der Waals surface area contributed by atoms with Gasteiger partial charge in [-0.15, -0.1) is 0 Å². The maximum absolute atomic E-state index is 13.2. The molecule has 15 heavy (non-hydrogen) atoms. The number of methoxy groups -OCH3 is 1. The van der Waals surface area contributed by atoms with Crippen molar-refractivity contribution in [2.45, 2.75) is 0 Å². The average molecular weight is 346 g/mol. The van der Waals surface area contributed by atoms with Crippen molar-refractivity contribution in [3.63, 3.8) is 0 Å². The van der Waals surface area contributed by atoms with Gasteiger partial charge in [-0.2, -0.15) is 0 Å². The van der Waals surface area contributed by atoms with E-state index in [-0.39, 0.29) is 14.7 Å². The van der Waals surface area contributed by atoms with Crippen molar-refractivity contribution in [1.29, 1.82) is 0 Å². The topological polar surface area (TPSA) is 46.5 Å². The van der Waals surface area contributed by atoms with Gasteiger partial charge in [0.05, 0.1) is 16.1 Å². The quantitative estimate of drug-likeness (QED) is 0.661. The third kappa shape index (κ3) is 1.98. The van der Waals surface area contributed by atoms with Gasteiger partial charge in [0.1, 0.15) is 5.56 Å². The van der Waals surface area contributed by atoms with E-state index in [4.69, 9.17) is 9.84 Å². The zero-order valence-corrected chi connectivity index (χ0v) is 10.4.